The van der Waals surface area contributed by atoms with Crippen molar-refractivity contribution in [1.82, 2.24) is 19.5 Å². The van der Waals surface area contributed by atoms with Crippen LogP contribution < -0.4 is 9.46 Å². The molecule has 0 spiro atoms. The Bertz CT molecular complexity index is 1360. The minimum absolute atomic E-state index is 0.0619. The lowest BCUT2D eigenvalue weighted by Gasteiger charge is -2.19. The number of hydrogen-bond acceptors (Lipinski definition) is 5. The first-order chi connectivity index (χ1) is 17.2. The van der Waals surface area contributed by atoms with Gasteiger partial charge in [0.05, 0.1) is 29.0 Å². The number of pyridine rings is 1. The second-order valence-electron chi connectivity index (χ2n) is 8.62. The number of hydrogen-bond donors (Lipinski definition) is 1. The van der Waals surface area contributed by atoms with Crippen molar-refractivity contribution in [3.63, 3.8) is 0 Å². The molecule has 1 aromatic carbocycles. The summed E-state index contributed by atoms with van der Waals surface area (Å²) in [5.74, 6) is -0.894. The number of aromatic nitrogens is 3. The average molecular weight is 549 g/mol. The van der Waals surface area contributed by atoms with E-state index in [0.29, 0.717) is 42.4 Å². The highest BCUT2D eigenvalue weighted by Gasteiger charge is 2.47. The average Bonchev–Trinajstić information content (AvgIpc) is 3.47. The summed E-state index contributed by atoms with van der Waals surface area (Å²) < 4.78 is 110. The van der Waals surface area contributed by atoms with Gasteiger partial charge in [0.15, 0.2) is 0 Å². The molecule has 1 fully saturated rings. The van der Waals surface area contributed by atoms with E-state index in [4.69, 9.17) is 4.74 Å². The van der Waals surface area contributed by atoms with Crippen LogP contribution in [0.2, 0.25) is 0 Å². The van der Waals surface area contributed by atoms with E-state index < -0.39 is 45.7 Å². The molecule has 4 rings (SSSR count). The summed E-state index contributed by atoms with van der Waals surface area (Å²) in [6, 6.07) is 10.3. The second-order valence-corrected chi connectivity index (χ2v) is 10.5. The standard InChI is InChI=1S/C23H22F6N4O3S/c1-2-33-20(36-19-7-6-17(14-30-19)23(27,28)29)13-18(31-33)15-4-3-5-16(12-15)21(8-9-21)32-37(34,35)11-10-22(24,25)26/h3-7,12-14,32H,2,8-11H2,1H3. The topological polar surface area (TPSA) is 86.1 Å². The number of alkyl halides is 6. The number of aryl methyl sites for hydroxylation is 1. The van der Waals surface area contributed by atoms with Gasteiger partial charge in [-0.3, -0.25) is 0 Å². The molecule has 3 aromatic rings. The Morgan fingerprint density at radius 1 is 1.08 bits per heavy atom. The van der Waals surface area contributed by atoms with Gasteiger partial charge in [0, 0.05) is 30.4 Å². The highest BCUT2D eigenvalue weighted by Crippen LogP contribution is 2.47. The lowest BCUT2D eigenvalue weighted by atomic mass is 10.0. The minimum Gasteiger partial charge on any atom is -0.421 e. The van der Waals surface area contributed by atoms with Crippen LogP contribution in [0.4, 0.5) is 26.3 Å². The molecule has 0 amide bonds. The number of halogens is 6. The SMILES string of the molecule is CCn1nc(-c2cccc(C3(NS(=O)(=O)CCC(F)(F)F)CC3)c2)cc1Oc1ccc(C(F)(F)F)cn1. The Kier molecular flexibility index (Phi) is 7.01. The van der Waals surface area contributed by atoms with Crippen LogP contribution in [0, 0.1) is 0 Å². The van der Waals surface area contributed by atoms with Crippen LogP contribution in [-0.2, 0) is 28.3 Å². The van der Waals surface area contributed by atoms with E-state index >= 15 is 0 Å². The zero-order chi connectivity index (χ0) is 27.1. The van der Waals surface area contributed by atoms with E-state index in [0.717, 1.165) is 12.1 Å². The van der Waals surface area contributed by atoms with Gasteiger partial charge in [0.1, 0.15) is 0 Å². The monoisotopic (exact) mass is 548 g/mol. The van der Waals surface area contributed by atoms with E-state index in [1.165, 1.54) is 4.68 Å². The number of benzene rings is 1. The summed E-state index contributed by atoms with van der Waals surface area (Å²) in [5, 5.41) is 4.45. The third-order valence-corrected chi connectivity index (χ3v) is 7.22. The van der Waals surface area contributed by atoms with E-state index in [1.807, 2.05) is 0 Å². The Balaban J connectivity index is 1.54. The second kappa shape index (κ2) is 9.63. The van der Waals surface area contributed by atoms with Gasteiger partial charge >= 0.3 is 12.4 Å². The fourth-order valence-corrected chi connectivity index (χ4v) is 5.23. The van der Waals surface area contributed by atoms with Crippen LogP contribution >= 0.6 is 0 Å². The van der Waals surface area contributed by atoms with Crippen molar-refractivity contribution in [2.45, 2.75) is 50.6 Å². The summed E-state index contributed by atoms with van der Waals surface area (Å²) in [6.07, 6.45) is -9.03. The summed E-state index contributed by atoms with van der Waals surface area (Å²) in [6.45, 7) is 2.16. The largest absolute Gasteiger partial charge is 0.421 e. The number of sulfonamides is 1. The zero-order valence-electron chi connectivity index (χ0n) is 19.4. The van der Waals surface area contributed by atoms with Gasteiger partial charge in [-0.05, 0) is 37.5 Å². The molecule has 1 saturated carbocycles. The number of nitrogens with one attached hydrogen (secondary N) is 1. The highest BCUT2D eigenvalue weighted by molar-refractivity contribution is 7.89. The van der Waals surface area contributed by atoms with E-state index in [2.05, 4.69) is 14.8 Å². The van der Waals surface area contributed by atoms with Gasteiger partial charge in [-0.1, -0.05) is 18.2 Å². The Labute approximate surface area is 208 Å². The molecule has 0 unspecified atom stereocenters. The molecule has 14 heteroatoms. The molecule has 1 aliphatic carbocycles. The number of rotatable bonds is 9. The molecular formula is C23H22F6N4O3S. The molecule has 2 aromatic heterocycles. The van der Waals surface area contributed by atoms with Crippen molar-refractivity contribution in [1.29, 1.82) is 0 Å². The van der Waals surface area contributed by atoms with Crippen molar-refractivity contribution >= 4 is 10.0 Å². The van der Waals surface area contributed by atoms with Gasteiger partial charge in [-0.25, -0.2) is 22.8 Å². The number of ether oxygens (including phenoxy) is 1. The molecule has 200 valence electrons. The summed E-state index contributed by atoms with van der Waals surface area (Å²) in [4.78, 5) is 3.70. The van der Waals surface area contributed by atoms with Crippen molar-refractivity contribution in [3.8, 4) is 23.0 Å². The molecule has 1 aliphatic rings. The lowest BCUT2D eigenvalue weighted by Crippen LogP contribution is -2.37. The molecule has 0 bridgehead atoms. The van der Waals surface area contributed by atoms with Crippen LogP contribution in [0.3, 0.4) is 0 Å². The fourth-order valence-electron chi connectivity index (χ4n) is 3.71. The first-order valence-electron chi connectivity index (χ1n) is 11.2. The van der Waals surface area contributed by atoms with Crippen LogP contribution in [0.1, 0.15) is 37.3 Å². The van der Waals surface area contributed by atoms with E-state index in [1.54, 1.807) is 37.3 Å². The molecule has 0 saturated heterocycles. The van der Waals surface area contributed by atoms with Crippen LogP contribution in [0.5, 0.6) is 11.8 Å². The Morgan fingerprint density at radius 3 is 2.38 bits per heavy atom. The normalized spacial score (nSPS) is 15.5. The molecule has 37 heavy (non-hydrogen) atoms. The Hall–Kier alpha value is -3.13. The molecule has 2 heterocycles. The maximum absolute atomic E-state index is 12.8. The van der Waals surface area contributed by atoms with Gasteiger partial charge < -0.3 is 4.74 Å². The third kappa shape index (κ3) is 6.60. The van der Waals surface area contributed by atoms with E-state index in [-0.39, 0.29) is 11.8 Å². The van der Waals surface area contributed by atoms with Crippen LogP contribution in [0.25, 0.3) is 11.3 Å². The maximum Gasteiger partial charge on any atom is 0.417 e. The van der Waals surface area contributed by atoms with Crippen molar-refractivity contribution in [2.75, 3.05) is 5.75 Å². The van der Waals surface area contributed by atoms with E-state index in [9.17, 15) is 34.8 Å². The zero-order valence-corrected chi connectivity index (χ0v) is 20.2. The van der Waals surface area contributed by atoms with Crippen molar-refractivity contribution < 1.29 is 39.5 Å². The molecule has 0 aliphatic heterocycles. The van der Waals surface area contributed by atoms with Crippen molar-refractivity contribution in [3.05, 3.63) is 59.8 Å². The van der Waals surface area contributed by atoms with Crippen LogP contribution in [0.15, 0.2) is 48.7 Å². The Morgan fingerprint density at radius 2 is 1.81 bits per heavy atom. The quantitative estimate of drug-likeness (QED) is 0.350. The summed E-state index contributed by atoms with van der Waals surface area (Å²) >= 11 is 0. The first-order valence-corrected chi connectivity index (χ1v) is 12.8. The molecule has 0 radical (unpaired) electrons. The predicted molar refractivity (Wildman–Crippen MR) is 121 cm³/mol. The van der Waals surface area contributed by atoms with Crippen LogP contribution in [-0.4, -0.2) is 35.1 Å². The van der Waals surface area contributed by atoms with Gasteiger partial charge in [0.2, 0.25) is 21.8 Å². The fraction of sp³-hybridized carbons (Fsp3) is 0.391. The molecule has 0 atom stereocenters. The smallest absolute Gasteiger partial charge is 0.417 e. The highest BCUT2D eigenvalue weighted by atomic mass is 32.2. The maximum atomic E-state index is 12.8. The van der Waals surface area contributed by atoms with Gasteiger partial charge in [-0.2, -0.15) is 31.4 Å². The molecular weight excluding hydrogens is 526 g/mol. The van der Waals surface area contributed by atoms with Gasteiger partial charge in [0.25, 0.3) is 0 Å². The van der Waals surface area contributed by atoms with Crippen molar-refractivity contribution in [2.24, 2.45) is 0 Å². The predicted octanol–water partition coefficient (Wildman–Crippen LogP) is 5.64. The summed E-state index contributed by atoms with van der Waals surface area (Å²) in [5.41, 5.74) is -0.281. The third-order valence-electron chi connectivity index (χ3n) is 5.78. The first kappa shape index (κ1) is 26.9. The van der Waals surface area contributed by atoms with Gasteiger partial charge in [-0.15, -0.1) is 0 Å². The lowest BCUT2D eigenvalue weighted by molar-refractivity contribution is -0.137. The summed E-state index contributed by atoms with van der Waals surface area (Å²) in [7, 11) is -4.18. The molecule has 7 nitrogen and oxygen atoms in total. The minimum atomic E-state index is -4.58. The number of nitrogens with zero attached hydrogens (tertiary/aromatic N) is 3. The molecule has 1 N–H and O–H groups in total.